The van der Waals surface area contributed by atoms with E-state index in [0.29, 0.717) is 17.5 Å². The molecule has 0 saturated carbocycles. The van der Waals surface area contributed by atoms with E-state index in [9.17, 15) is 10.1 Å². The first-order chi connectivity index (χ1) is 17.9. The Labute approximate surface area is 226 Å². The lowest BCUT2D eigenvalue weighted by molar-refractivity contribution is -0.119. The van der Waals surface area contributed by atoms with Crippen LogP contribution in [0.15, 0.2) is 48.0 Å². The molecule has 3 rings (SSSR count). The van der Waals surface area contributed by atoms with Crippen LogP contribution in [0, 0.1) is 11.3 Å². The van der Waals surface area contributed by atoms with Gasteiger partial charge in [-0.3, -0.25) is 9.69 Å². The molecule has 1 aromatic carbocycles. The van der Waals surface area contributed by atoms with Crippen LogP contribution >= 0.6 is 11.6 Å². The quantitative estimate of drug-likeness (QED) is 0.242. The molecule has 2 aromatic rings. The lowest BCUT2D eigenvalue weighted by atomic mass is 9.81. The van der Waals surface area contributed by atoms with Gasteiger partial charge in [-0.1, -0.05) is 56.5 Å². The SMILES string of the molecule is CCCC(CCC)(NC(=O)/C(C#N)=C/c1cccc(Cl)n1)c1ccc(OCCN2CCN(C)CC2)cc1. The largest absolute Gasteiger partial charge is 0.492 e. The summed E-state index contributed by atoms with van der Waals surface area (Å²) in [6.45, 7) is 10.1. The van der Waals surface area contributed by atoms with Crippen LogP contribution in [0.5, 0.6) is 5.75 Å². The van der Waals surface area contributed by atoms with Crippen LogP contribution in [0.25, 0.3) is 6.08 Å². The van der Waals surface area contributed by atoms with E-state index in [2.05, 4.69) is 41.0 Å². The molecule has 2 heterocycles. The molecule has 8 heteroatoms. The fourth-order valence-corrected chi connectivity index (χ4v) is 4.95. The normalized spacial score (nSPS) is 15.3. The van der Waals surface area contributed by atoms with Gasteiger partial charge < -0.3 is 15.0 Å². The van der Waals surface area contributed by atoms with Gasteiger partial charge >= 0.3 is 0 Å². The van der Waals surface area contributed by atoms with E-state index in [1.807, 2.05) is 30.3 Å². The van der Waals surface area contributed by atoms with E-state index < -0.39 is 11.4 Å². The number of amides is 1. The summed E-state index contributed by atoms with van der Waals surface area (Å²) in [4.78, 5) is 22.2. The summed E-state index contributed by atoms with van der Waals surface area (Å²) in [5.41, 5.74) is 0.884. The number of pyridine rings is 1. The minimum atomic E-state index is -0.587. The van der Waals surface area contributed by atoms with Crippen molar-refractivity contribution in [3.05, 3.63) is 64.4 Å². The van der Waals surface area contributed by atoms with Gasteiger partial charge in [-0.2, -0.15) is 5.26 Å². The monoisotopic (exact) mass is 523 g/mol. The van der Waals surface area contributed by atoms with Crippen LogP contribution in [-0.4, -0.2) is 67.1 Å². The maximum absolute atomic E-state index is 13.3. The molecule has 1 amide bonds. The number of carbonyl (C=O) groups is 1. The lowest BCUT2D eigenvalue weighted by Crippen LogP contribution is -2.46. The molecule has 7 nitrogen and oxygen atoms in total. The highest BCUT2D eigenvalue weighted by Crippen LogP contribution is 2.33. The topological polar surface area (TPSA) is 81.5 Å². The molecule has 0 bridgehead atoms. The first kappa shape index (κ1) is 28.6. The smallest absolute Gasteiger partial charge is 0.262 e. The number of likely N-dealkylation sites (N-methyl/N-ethyl adjacent to an activating group) is 1. The van der Waals surface area contributed by atoms with Crippen molar-refractivity contribution in [3.8, 4) is 11.8 Å². The predicted molar refractivity (Wildman–Crippen MR) is 148 cm³/mol. The Bertz CT molecular complexity index is 1080. The molecule has 1 fully saturated rings. The average Bonchev–Trinajstić information content (AvgIpc) is 2.89. The average molecular weight is 524 g/mol. The third kappa shape index (κ3) is 8.29. The summed E-state index contributed by atoms with van der Waals surface area (Å²) in [7, 11) is 2.16. The van der Waals surface area contributed by atoms with Crippen molar-refractivity contribution in [3.63, 3.8) is 0 Å². The number of hydrogen-bond donors (Lipinski definition) is 1. The van der Waals surface area contributed by atoms with Crippen LogP contribution in [0.4, 0.5) is 0 Å². The van der Waals surface area contributed by atoms with Gasteiger partial charge in [0.05, 0.1) is 11.2 Å². The molecule has 0 aliphatic carbocycles. The van der Waals surface area contributed by atoms with Gasteiger partial charge in [-0.05, 0) is 55.8 Å². The van der Waals surface area contributed by atoms with Crippen molar-refractivity contribution in [1.82, 2.24) is 20.1 Å². The van der Waals surface area contributed by atoms with E-state index in [4.69, 9.17) is 16.3 Å². The molecule has 1 N–H and O–H groups in total. The number of aromatic nitrogens is 1. The number of benzene rings is 1. The Morgan fingerprint density at radius 2 is 1.81 bits per heavy atom. The van der Waals surface area contributed by atoms with Crippen LogP contribution < -0.4 is 10.1 Å². The van der Waals surface area contributed by atoms with Crippen molar-refractivity contribution in [2.75, 3.05) is 46.4 Å². The Balaban J connectivity index is 1.72. The van der Waals surface area contributed by atoms with Gasteiger partial charge in [0.25, 0.3) is 5.91 Å². The lowest BCUT2D eigenvalue weighted by Gasteiger charge is -2.35. The number of nitrogens with zero attached hydrogens (tertiary/aromatic N) is 4. The van der Waals surface area contributed by atoms with Crippen LogP contribution in [0.1, 0.15) is 50.8 Å². The van der Waals surface area contributed by atoms with Crippen molar-refractivity contribution in [2.45, 2.75) is 45.1 Å². The van der Waals surface area contributed by atoms with Crippen LogP contribution in [0.2, 0.25) is 5.15 Å². The summed E-state index contributed by atoms with van der Waals surface area (Å²) in [6.07, 6.45) is 4.74. The van der Waals surface area contributed by atoms with Gasteiger partial charge in [0.1, 0.15) is 29.2 Å². The number of nitriles is 1. The number of carbonyl (C=O) groups excluding carboxylic acids is 1. The van der Waals surface area contributed by atoms with Crippen LogP contribution in [-0.2, 0) is 10.3 Å². The molecule has 1 aliphatic heterocycles. The zero-order valence-corrected chi connectivity index (χ0v) is 22.9. The highest BCUT2D eigenvalue weighted by molar-refractivity contribution is 6.29. The van der Waals surface area contributed by atoms with Crippen molar-refractivity contribution < 1.29 is 9.53 Å². The second-order valence-corrected chi connectivity index (χ2v) is 10.00. The van der Waals surface area contributed by atoms with E-state index in [1.54, 1.807) is 18.2 Å². The summed E-state index contributed by atoms with van der Waals surface area (Å²) >= 11 is 5.97. The number of piperazine rings is 1. The van der Waals surface area contributed by atoms with Crippen LogP contribution in [0.3, 0.4) is 0 Å². The maximum atomic E-state index is 13.3. The molecule has 0 radical (unpaired) electrons. The molecule has 198 valence electrons. The van der Waals surface area contributed by atoms with Crippen molar-refractivity contribution in [2.24, 2.45) is 0 Å². The third-order valence-electron chi connectivity index (χ3n) is 6.78. The zero-order valence-electron chi connectivity index (χ0n) is 22.2. The van der Waals surface area contributed by atoms with E-state index >= 15 is 0 Å². The predicted octanol–water partition coefficient (Wildman–Crippen LogP) is 4.88. The molecule has 1 aromatic heterocycles. The van der Waals surface area contributed by atoms with E-state index in [0.717, 1.165) is 69.7 Å². The second-order valence-electron chi connectivity index (χ2n) is 9.61. The van der Waals surface area contributed by atoms with Gasteiger partial charge in [0.2, 0.25) is 0 Å². The summed E-state index contributed by atoms with van der Waals surface area (Å²) < 4.78 is 6.02. The summed E-state index contributed by atoms with van der Waals surface area (Å²) in [6, 6.07) is 15.1. The first-order valence-electron chi connectivity index (χ1n) is 13.1. The number of halogens is 1. The molecule has 0 spiro atoms. The van der Waals surface area contributed by atoms with Crippen molar-refractivity contribution >= 4 is 23.6 Å². The van der Waals surface area contributed by atoms with E-state index in [1.165, 1.54) is 6.08 Å². The maximum Gasteiger partial charge on any atom is 0.262 e. The summed E-state index contributed by atoms with van der Waals surface area (Å²) in [5, 5.41) is 13.2. The molecule has 0 unspecified atom stereocenters. The second kappa shape index (κ2) is 14.1. The molecular weight excluding hydrogens is 486 g/mol. The van der Waals surface area contributed by atoms with Gasteiger partial charge in [-0.25, -0.2) is 4.98 Å². The fourth-order valence-electron chi connectivity index (χ4n) is 4.78. The molecule has 0 atom stereocenters. The first-order valence-corrected chi connectivity index (χ1v) is 13.5. The zero-order chi connectivity index (χ0) is 26.7. The van der Waals surface area contributed by atoms with Crippen molar-refractivity contribution in [1.29, 1.82) is 5.26 Å². The van der Waals surface area contributed by atoms with Gasteiger partial charge in [-0.15, -0.1) is 0 Å². The number of hydrogen-bond acceptors (Lipinski definition) is 6. The number of rotatable bonds is 12. The highest BCUT2D eigenvalue weighted by Gasteiger charge is 2.33. The number of ether oxygens (including phenoxy) is 1. The Morgan fingerprint density at radius 1 is 1.14 bits per heavy atom. The highest BCUT2D eigenvalue weighted by atomic mass is 35.5. The van der Waals surface area contributed by atoms with E-state index in [-0.39, 0.29) is 5.57 Å². The minimum absolute atomic E-state index is 0.00444. The molecule has 37 heavy (non-hydrogen) atoms. The molecular formula is C29H38ClN5O2. The van der Waals surface area contributed by atoms with Gasteiger partial charge in [0.15, 0.2) is 0 Å². The Hall–Kier alpha value is -2.92. The molecule has 1 aliphatic rings. The third-order valence-corrected chi connectivity index (χ3v) is 6.99. The fraction of sp³-hybridized carbons (Fsp3) is 0.483. The Morgan fingerprint density at radius 3 is 2.41 bits per heavy atom. The van der Waals surface area contributed by atoms with Gasteiger partial charge in [0, 0.05) is 32.7 Å². The molecule has 1 saturated heterocycles. The Kier molecular flexibility index (Phi) is 10.9. The minimum Gasteiger partial charge on any atom is -0.492 e. The standard InChI is InChI=1S/C29H38ClN5O2/c1-4-13-29(14-5-2,33-28(36)23(22-31)21-25-7-6-8-27(30)32-25)24-9-11-26(12-10-24)37-20-19-35-17-15-34(3)16-18-35/h6-12,21H,4-5,13-20H2,1-3H3,(H,33,36)/b23-21+. The number of nitrogens with one attached hydrogen (secondary N) is 1. The summed E-state index contributed by atoms with van der Waals surface area (Å²) in [5.74, 6) is 0.398.